The summed E-state index contributed by atoms with van der Waals surface area (Å²) in [5.41, 5.74) is 4.99. The third-order valence-electron chi connectivity index (χ3n) is 2.96. The number of likely N-dealkylation sites (tertiary alicyclic amines) is 1. The molecule has 0 atom stereocenters. The van der Waals surface area contributed by atoms with Crippen LogP contribution in [-0.4, -0.2) is 23.9 Å². The largest absolute Gasteiger partial charge is 0.396 e. The number of carbonyl (C=O) groups excluding carboxylic acids is 1. The van der Waals surface area contributed by atoms with Crippen LogP contribution >= 0.6 is 0 Å². The molecule has 2 rings (SSSR count). The first-order chi connectivity index (χ1) is 8.09. The Labute approximate surface area is 98.2 Å². The van der Waals surface area contributed by atoms with Gasteiger partial charge in [-0.15, -0.1) is 0 Å². The lowest BCUT2D eigenvalue weighted by Crippen LogP contribution is -2.36. The minimum Gasteiger partial charge on any atom is -0.396 e. The van der Waals surface area contributed by atoms with Crippen LogP contribution in [0.1, 0.15) is 29.6 Å². The normalized spacial score (nSPS) is 16.0. The maximum atomic E-state index is 13.5. The minimum atomic E-state index is -0.854. The summed E-state index contributed by atoms with van der Waals surface area (Å²) in [6.45, 7) is 1.24. The van der Waals surface area contributed by atoms with Crippen LogP contribution < -0.4 is 5.73 Å². The molecule has 0 saturated carbocycles. The van der Waals surface area contributed by atoms with Crippen LogP contribution in [0.3, 0.4) is 0 Å². The number of benzene rings is 1. The molecule has 1 heterocycles. The van der Waals surface area contributed by atoms with Crippen molar-refractivity contribution in [2.24, 2.45) is 0 Å². The Morgan fingerprint density at radius 3 is 2.41 bits per heavy atom. The lowest BCUT2D eigenvalue weighted by molar-refractivity contribution is 0.0719. The zero-order valence-corrected chi connectivity index (χ0v) is 9.38. The van der Waals surface area contributed by atoms with Crippen molar-refractivity contribution in [2.45, 2.75) is 19.3 Å². The maximum Gasteiger partial charge on any atom is 0.256 e. The van der Waals surface area contributed by atoms with Crippen molar-refractivity contribution in [3.8, 4) is 0 Å². The zero-order chi connectivity index (χ0) is 12.4. The average molecular weight is 240 g/mol. The van der Waals surface area contributed by atoms with E-state index in [0.29, 0.717) is 19.2 Å². The van der Waals surface area contributed by atoms with E-state index in [-0.39, 0.29) is 11.3 Å². The summed E-state index contributed by atoms with van der Waals surface area (Å²) < 4.78 is 26.5. The molecule has 3 nitrogen and oxygen atoms in total. The number of hydrogen-bond donors (Lipinski definition) is 1. The van der Waals surface area contributed by atoms with Crippen LogP contribution in [0.4, 0.5) is 14.5 Å². The van der Waals surface area contributed by atoms with Gasteiger partial charge in [0.2, 0.25) is 0 Å². The fourth-order valence-electron chi connectivity index (χ4n) is 2.00. The SMILES string of the molecule is Nc1cc(C(=O)N2CCCCC2)c(F)cc1F. The van der Waals surface area contributed by atoms with Gasteiger partial charge >= 0.3 is 0 Å². The summed E-state index contributed by atoms with van der Waals surface area (Å²) in [4.78, 5) is 13.6. The molecule has 0 spiro atoms. The second-order valence-corrected chi connectivity index (χ2v) is 4.21. The summed E-state index contributed by atoms with van der Waals surface area (Å²) >= 11 is 0. The van der Waals surface area contributed by atoms with Gasteiger partial charge in [-0.2, -0.15) is 0 Å². The molecule has 0 unspecified atom stereocenters. The lowest BCUT2D eigenvalue weighted by Gasteiger charge is -2.26. The Kier molecular flexibility index (Phi) is 3.26. The number of carbonyl (C=O) groups is 1. The highest BCUT2D eigenvalue weighted by Crippen LogP contribution is 2.20. The third-order valence-corrected chi connectivity index (χ3v) is 2.96. The van der Waals surface area contributed by atoms with Gasteiger partial charge in [0.25, 0.3) is 5.91 Å². The van der Waals surface area contributed by atoms with E-state index in [0.717, 1.165) is 25.3 Å². The van der Waals surface area contributed by atoms with E-state index in [1.54, 1.807) is 4.90 Å². The second kappa shape index (κ2) is 4.69. The zero-order valence-electron chi connectivity index (χ0n) is 9.38. The van der Waals surface area contributed by atoms with Gasteiger partial charge in [-0.05, 0) is 25.3 Å². The summed E-state index contributed by atoms with van der Waals surface area (Å²) in [6.07, 6.45) is 2.92. The molecule has 5 heteroatoms. The van der Waals surface area contributed by atoms with E-state index < -0.39 is 17.5 Å². The van der Waals surface area contributed by atoms with Gasteiger partial charge in [0.05, 0.1) is 11.3 Å². The van der Waals surface area contributed by atoms with E-state index in [1.165, 1.54) is 0 Å². The van der Waals surface area contributed by atoms with Gasteiger partial charge in [0, 0.05) is 19.2 Å². The van der Waals surface area contributed by atoms with Gasteiger partial charge in [-0.3, -0.25) is 4.79 Å². The van der Waals surface area contributed by atoms with Crippen molar-refractivity contribution in [3.63, 3.8) is 0 Å². The molecular weight excluding hydrogens is 226 g/mol. The van der Waals surface area contributed by atoms with E-state index >= 15 is 0 Å². The van der Waals surface area contributed by atoms with Gasteiger partial charge in [0.15, 0.2) is 0 Å². The molecule has 0 aromatic heterocycles. The van der Waals surface area contributed by atoms with Crippen molar-refractivity contribution in [1.29, 1.82) is 0 Å². The van der Waals surface area contributed by atoms with Crippen molar-refractivity contribution in [1.82, 2.24) is 4.90 Å². The molecule has 1 aromatic rings. The monoisotopic (exact) mass is 240 g/mol. The third kappa shape index (κ3) is 2.38. The number of nitrogens with zero attached hydrogens (tertiary/aromatic N) is 1. The number of anilines is 1. The van der Waals surface area contributed by atoms with Crippen molar-refractivity contribution >= 4 is 11.6 Å². The Morgan fingerprint density at radius 2 is 1.76 bits per heavy atom. The molecule has 2 N–H and O–H groups in total. The lowest BCUT2D eigenvalue weighted by atomic mass is 10.1. The molecule has 1 aliphatic heterocycles. The van der Waals surface area contributed by atoms with Crippen LogP contribution in [-0.2, 0) is 0 Å². The van der Waals surface area contributed by atoms with Crippen molar-refractivity contribution in [2.75, 3.05) is 18.8 Å². The van der Waals surface area contributed by atoms with Gasteiger partial charge < -0.3 is 10.6 Å². The molecule has 1 aromatic carbocycles. The topological polar surface area (TPSA) is 46.3 Å². The quantitative estimate of drug-likeness (QED) is 0.765. The molecule has 0 radical (unpaired) electrons. The molecule has 17 heavy (non-hydrogen) atoms. The van der Waals surface area contributed by atoms with Gasteiger partial charge in [0.1, 0.15) is 11.6 Å². The first kappa shape index (κ1) is 11.8. The van der Waals surface area contributed by atoms with Crippen molar-refractivity contribution < 1.29 is 13.6 Å². The molecule has 1 saturated heterocycles. The number of nitrogen functional groups attached to an aromatic ring is 1. The smallest absolute Gasteiger partial charge is 0.256 e. The van der Waals surface area contributed by atoms with Gasteiger partial charge in [-0.25, -0.2) is 8.78 Å². The van der Waals surface area contributed by atoms with Crippen molar-refractivity contribution in [3.05, 3.63) is 29.3 Å². The minimum absolute atomic E-state index is 0.147. The Morgan fingerprint density at radius 1 is 1.12 bits per heavy atom. The predicted molar refractivity (Wildman–Crippen MR) is 60.5 cm³/mol. The Balaban J connectivity index is 2.26. The second-order valence-electron chi connectivity index (χ2n) is 4.21. The molecule has 1 fully saturated rings. The van der Waals surface area contributed by atoms with Crippen LogP contribution in [0.15, 0.2) is 12.1 Å². The first-order valence-electron chi connectivity index (χ1n) is 5.63. The van der Waals surface area contributed by atoms with Crippen LogP contribution in [0.25, 0.3) is 0 Å². The fraction of sp³-hybridized carbons (Fsp3) is 0.417. The Bertz CT molecular complexity index is 442. The summed E-state index contributed by atoms with van der Waals surface area (Å²) in [7, 11) is 0. The molecule has 92 valence electrons. The van der Waals surface area contributed by atoms with E-state index in [1.807, 2.05) is 0 Å². The molecule has 1 aliphatic rings. The van der Waals surface area contributed by atoms with E-state index in [2.05, 4.69) is 0 Å². The maximum absolute atomic E-state index is 13.5. The predicted octanol–water partition coefficient (Wildman–Crippen LogP) is 2.17. The first-order valence-corrected chi connectivity index (χ1v) is 5.63. The summed E-state index contributed by atoms with van der Waals surface area (Å²) in [6, 6.07) is 1.73. The van der Waals surface area contributed by atoms with Crippen LogP contribution in [0.5, 0.6) is 0 Å². The molecule has 0 bridgehead atoms. The number of halogens is 2. The molecule has 1 amide bonds. The van der Waals surface area contributed by atoms with Gasteiger partial charge in [-0.1, -0.05) is 0 Å². The average Bonchev–Trinajstić information content (AvgIpc) is 2.34. The van der Waals surface area contributed by atoms with Crippen LogP contribution in [0, 0.1) is 11.6 Å². The standard InChI is InChI=1S/C12H14F2N2O/c13-9-7-10(14)11(15)6-8(9)12(17)16-4-2-1-3-5-16/h6-7H,1-5,15H2. The molecular formula is C12H14F2N2O. The summed E-state index contributed by atoms with van der Waals surface area (Å²) in [5.74, 6) is -2.10. The number of amides is 1. The number of piperidine rings is 1. The number of nitrogens with two attached hydrogens (primary N) is 1. The highest BCUT2D eigenvalue weighted by molar-refractivity contribution is 5.95. The summed E-state index contributed by atoms with van der Waals surface area (Å²) in [5, 5.41) is 0. The number of hydrogen-bond acceptors (Lipinski definition) is 2. The fourth-order valence-corrected chi connectivity index (χ4v) is 2.00. The molecule has 0 aliphatic carbocycles. The van der Waals surface area contributed by atoms with E-state index in [9.17, 15) is 13.6 Å². The van der Waals surface area contributed by atoms with Crippen LogP contribution in [0.2, 0.25) is 0 Å². The highest BCUT2D eigenvalue weighted by Gasteiger charge is 2.22. The Hall–Kier alpha value is -1.65. The highest BCUT2D eigenvalue weighted by atomic mass is 19.1. The van der Waals surface area contributed by atoms with E-state index in [4.69, 9.17) is 5.73 Å². The number of rotatable bonds is 1.